The van der Waals surface area contributed by atoms with Gasteiger partial charge in [0.25, 0.3) is 0 Å². The van der Waals surface area contributed by atoms with Gasteiger partial charge in [-0.15, -0.1) is 0 Å². The smallest absolute Gasteiger partial charge is 0.305 e. The molecule has 1 aromatic rings. The van der Waals surface area contributed by atoms with Gasteiger partial charge < -0.3 is 10.1 Å². The normalized spacial score (nSPS) is 10.6. The molecule has 0 fully saturated rings. The maximum Gasteiger partial charge on any atom is 0.305 e. The minimum atomic E-state index is -0.0523. The Morgan fingerprint density at radius 3 is 1.89 bits per heavy atom. The Bertz CT molecular complexity index is 499. The fourth-order valence-electron chi connectivity index (χ4n) is 3.13. The highest BCUT2D eigenvalue weighted by Crippen LogP contribution is 2.13. The molecule has 0 amide bonds. The summed E-state index contributed by atoms with van der Waals surface area (Å²) in [4.78, 5) is 21.8. The summed E-state index contributed by atoms with van der Waals surface area (Å²) in [5.41, 5.74) is 1.81. The van der Waals surface area contributed by atoms with E-state index in [4.69, 9.17) is 4.74 Å². The zero-order valence-electron chi connectivity index (χ0n) is 17.0. The summed E-state index contributed by atoms with van der Waals surface area (Å²) in [6.45, 7) is 3.34. The first kappa shape index (κ1) is 23.2. The average Bonchev–Trinajstić information content (AvgIpc) is 2.69. The predicted molar refractivity (Wildman–Crippen MR) is 112 cm³/mol. The van der Waals surface area contributed by atoms with Crippen molar-refractivity contribution in [1.29, 1.82) is 0 Å². The molecule has 0 saturated carbocycles. The second-order valence-electron chi connectivity index (χ2n) is 7.11. The molecule has 0 spiro atoms. The number of carbonyl (C=O) groups is 2. The van der Waals surface area contributed by atoms with Crippen molar-refractivity contribution in [2.45, 2.75) is 84.0 Å². The van der Waals surface area contributed by atoms with Crippen LogP contribution in [0.15, 0.2) is 24.3 Å². The van der Waals surface area contributed by atoms with Crippen LogP contribution in [-0.2, 0) is 9.53 Å². The van der Waals surface area contributed by atoms with E-state index < -0.39 is 0 Å². The first-order valence-electron chi connectivity index (χ1n) is 10.7. The number of hydrogen-bond donors (Lipinski definition) is 1. The molecule has 0 aliphatic heterocycles. The summed E-state index contributed by atoms with van der Waals surface area (Å²) in [5.74, 6) is -0.0523. The molecule has 0 saturated heterocycles. The first-order chi connectivity index (χ1) is 13.3. The van der Waals surface area contributed by atoms with Crippen molar-refractivity contribution >= 4 is 17.9 Å². The third-order valence-electron chi connectivity index (χ3n) is 4.74. The number of ether oxygens (including phenoxy) is 1. The Hall–Kier alpha value is -1.84. The van der Waals surface area contributed by atoms with Crippen LogP contribution in [0.5, 0.6) is 0 Å². The number of esters is 1. The Kier molecular flexibility index (Phi) is 14.0. The molecule has 4 nitrogen and oxygen atoms in total. The number of unbranched alkanes of at least 4 members (excludes halogenated alkanes) is 10. The van der Waals surface area contributed by atoms with Crippen molar-refractivity contribution in [3.05, 3.63) is 29.8 Å². The van der Waals surface area contributed by atoms with Crippen molar-refractivity contribution in [2.75, 3.05) is 18.5 Å². The van der Waals surface area contributed by atoms with E-state index in [-0.39, 0.29) is 5.97 Å². The lowest BCUT2D eigenvalue weighted by atomic mass is 10.1. The predicted octanol–water partition coefficient (Wildman–Crippen LogP) is 6.16. The van der Waals surface area contributed by atoms with Crippen LogP contribution in [0, 0.1) is 0 Å². The average molecular weight is 376 g/mol. The van der Waals surface area contributed by atoms with Crippen LogP contribution in [0.25, 0.3) is 0 Å². The van der Waals surface area contributed by atoms with Crippen molar-refractivity contribution in [1.82, 2.24) is 0 Å². The molecule has 0 aliphatic rings. The molecule has 27 heavy (non-hydrogen) atoms. The third-order valence-corrected chi connectivity index (χ3v) is 4.74. The molecule has 0 aromatic heterocycles. The molecular formula is C23H37NO3. The number of rotatable bonds is 17. The summed E-state index contributed by atoms with van der Waals surface area (Å²) in [6, 6.07) is 7.60. The molecule has 0 atom stereocenters. The van der Waals surface area contributed by atoms with Crippen molar-refractivity contribution in [3.63, 3.8) is 0 Å². The first-order valence-corrected chi connectivity index (χ1v) is 10.7. The molecule has 0 aliphatic carbocycles. The molecule has 1 N–H and O–H groups in total. The lowest BCUT2D eigenvalue weighted by molar-refractivity contribution is -0.143. The largest absolute Gasteiger partial charge is 0.466 e. The lowest BCUT2D eigenvalue weighted by Crippen LogP contribution is -2.03. The standard InChI is InChI=1S/C23H37NO3/c1-2-27-23(26)14-12-10-8-6-4-3-5-7-9-11-13-19-24-22-17-15-21(20-25)16-18-22/h15-18,20,24H,2-14,19H2,1H3. The van der Waals surface area contributed by atoms with Gasteiger partial charge in [0.15, 0.2) is 0 Å². The van der Waals surface area contributed by atoms with Gasteiger partial charge in [0.2, 0.25) is 0 Å². The van der Waals surface area contributed by atoms with Gasteiger partial charge in [-0.25, -0.2) is 0 Å². The lowest BCUT2D eigenvalue weighted by Gasteiger charge is -2.06. The molecular weight excluding hydrogens is 338 g/mol. The van der Waals surface area contributed by atoms with E-state index in [0.717, 1.165) is 36.9 Å². The molecule has 0 unspecified atom stereocenters. The summed E-state index contributed by atoms with van der Waals surface area (Å²) >= 11 is 0. The van der Waals surface area contributed by atoms with Crippen LogP contribution >= 0.6 is 0 Å². The topological polar surface area (TPSA) is 55.4 Å². The zero-order valence-corrected chi connectivity index (χ0v) is 17.0. The van der Waals surface area contributed by atoms with Crippen molar-refractivity contribution < 1.29 is 14.3 Å². The second-order valence-corrected chi connectivity index (χ2v) is 7.11. The van der Waals surface area contributed by atoms with Crippen molar-refractivity contribution in [3.8, 4) is 0 Å². The molecule has 0 heterocycles. The molecule has 1 rings (SSSR count). The quantitative estimate of drug-likeness (QED) is 0.201. The van der Waals surface area contributed by atoms with E-state index in [0.29, 0.717) is 13.0 Å². The van der Waals surface area contributed by atoms with E-state index in [9.17, 15) is 9.59 Å². The highest BCUT2D eigenvalue weighted by Gasteiger charge is 2.00. The zero-order chi connectivity index (χ0) is 19.6. The summed E-state index contributed by atoms with van der Waals surface area (Å²) in [7, 11) is 0. The fourth-order valence-corrected chi connectivity index (χ4v) is 3.13. The van der Waals surface area contributed by atoms with E-state index in [1.807, 2.05) is 31.2 Å². The SMILES string of the molecule is CCOC(=O)CCCCCCCCCCCCCNc1ccc(C=O)cc1. The van der Waals surface area contributed by atoms with Gasteiger partial charge in [-0.05, 0) is 44.0 Å². The van der Waals surface area contributed by atoms with Gasteiger partial charge in [-0.3, -0.25) is 9.59 Å². The monoisotopic (exact) mass is 375 g/mol. The number of anilines is 1. The van der Waals surface area contributed by atoms with Crippen LogP contribution in [-0.4, -0.2) is 25.4 Å². The molecule has 1 aromatic carbocycles. The van der Waals surface area contributed by atoms with E-state index in [1.54, 1.807) is 0 Å². The number of hydrogen-bond acceptors (Lipinski definition) is 4. The molecule has 0 bridgehead atoms. The summed E-state index contributed by atoms with van der Waals surface area (Å²) in [5, 5.41) is 3.40. The molecule has 152 valence electrons. The maximum absolute atomic E-state index is 11.2. The van der Waals surface area contributed by atoms with Crippen LogP contribution < -0.4 is 5.32 Å². The van der Waals surface area contributed by atoms with Gasteiger partial charge >= 0.3 is 5.97 Å². The van der Waals surface area contributed by atoms with Gasteiger partial charge in [0.1, 0.15) is 6.29 Å². The van der Waals surface area contributed by atoms with Crippen LogP contribution in [0.1, 0.15) is 94.3 Å². The number of nitrogens with one attached hydrogen (secondary N) is 1. The minimum absolute atomic E-state index is 0.0523. The second kappa shape index (κ2) is 16.3. The summed E-state index contributed by atoms with van der Waals surface area (Å²) < 4.78 is 4.93. The van der Waals surface area contributed by atoms with Crippen LogP contribution in [0.3, 0.4) is 0 Å². The van der Waals surface area contributed by atoms with E-state index in [2.05, 4.69) is 5.32 Å². The molecule has 0 radical (unpaired) electrons. The Morgan fingerprint density at radius 1 is 0.852 bits per heavy atom. The fraction of sp³-hybridized carbons (Fsp3) is 0.652. The highest BCUT2D eigenvalue weighted by atomic mass is 16.5. The molecule has 4 heteroatoms. The number of aldehydes is 1. The number of benzene rings is 1. The number of carbonyl (C=O) groups excluding carboxylic acids is 2. The van der Waals surface area contributed by atoms with Crippen LogP contribution in [0.2, 0.25) is 0 Å². The Morgan fingerprint density at radius 2 is 1.37 bits per heavy atom. The van der Waals surface area contributed by atoms with Gasteiger partial charge in [0, 0.05) is 24.2 Å². The van der Waals surface area contributed by atoms with Gasteiger partial charge in [-0.2, -0.15) is 0 Å². The van der Waals surface area contributed by atoms with Crippen molar-refractivity contribution in [2.24, 2.45) is 0 Å². The Balaban J connectivity index is 1.80. The van der Waals surface area contributed by atoms with Gasteiger partial charge in [0.05, 0.1) is 6.61 Å². The summed E-state index contributed by atoms with van der Waals surface area (Å²) in [6.07, 6.45) is 15.2. The van der Waals surface area contributed by atoms with Crippen LogP contribution in [0.4, 0.5) is 5.69 Å². The third kappa shape index (κ3) is 13.0. The highest BCUT2D eigenvalue weighted by molar-refractivity contribution is 5.75. The maximum atomic E-state index is 11.2. The van der Waals surface area contributed by atoms with E-state index >= 15 is 0 Å². The van der Waals surface area contributed by atoms with Gasteiger partial charge in [-0.1, -0.05) is 57.8 Å². The minimum Gasteiger partial charge on any atom is -0.466 e. The van der Waals surface area contributed by atoms with E-state index in [1.165, 1.54) is 57.8 Å². The Labute approximate surface area is 165 Å².